The SMILES string of the molecule is CCc1ccc(S(=O)(=O)c2cnc3ccc(C)cc3c2NCCO)cc1. The molecule has 0 aliphatic rings. The first-order valence-corrected chi connectivity index (χ1v) is 10.0. The third-order valence-corrected chi connectivity index (χ3v) is 6.12. The van der Waals surface area contributed by atoms with Crippen molar-refractivity contribution in [3.8, 4) is 0 Å². The first kappa shape index (κ1) is 18.4. The normalized spacial score (nSPS) is 11.7. The molecule has 0 aliphatic heterocycles. The zero-order valence-corrected chi connectivity index (χ0v) is 15.7. The van der Waals surface area contributed by atoms with Gasteiger partial charge >= 0.3 is 0 Å². The second kappa shape index (κ2) is 7.43. The highest BCUT2D eigenvalue weighted by Crippen LogP contribution is 2.33. The molecule has 3 rings (SSSR count). The second-order valence-corrected chi connectivity index (χ2v) is 8.09. The highest BCUT2D eigenvalue weighted by molar-refractivity contribution is 7.91. The number of sulfone groups is 1. The summed E-state index contributed by atoms with van der Waals surface area (Å²) in [5.74, 6) is 0. The maximum absolute atomic E-state index is 13.2. The molecule has 0 atom stereocenters. The van der Waals surface area contributed by atoms with Gasteiger partial charge in [0.25, 0.3) is 0 Å². The van der Waals surface area contributed by atoms with Gasteiger partial charge < -0.3 is 10.4 Å². The van der Waals surface area contributed by atoms with Gasteiger partial charge in [0.2, 0.25) is 9.84 Å². The monoisotopic (exact) mass is 370 g/mol. The largest absolute Gasteiger partial charge is 0.395 e. The van der Waals surface area contributed by atoms with Crippen LogP contribution in [-0.2, 0) is 16.3 Å². The lowest BCUT2D eigenvalue weighted by atomic mass is 10.1. The number of anilines is 1. The molecule has 0 fully saturated rings. The molecule has 0 saturated carbocycles. The van der Waals surface area contributed by atoms with E-state index in [1.54, 1.807) is 12.1 Å². The quantitative estimate of drug-likeness (QED) is 0.696. The van der Waals surface area contributed by atoms with Crippen molar-refractivity contribution in [3.05, 3.63) is 59.8 Å². The summed E-state index contributed by atoms with van der Waals surface area (Å²) < 4.78 is 26.4. The Labute approximate surface area is 153 Å². The van der Waals surface area contributed by atoms with Crippen LogP contribution >= 0.6 is 0 Å². The van der Waals surface area contributed by atoms with Crippen molar-refractivity contribution in [2.45, 2.75) is 30.1 Å². The molecule has 3 aromatic rings. The van der Waals surface area contributed by atoms with E-state index >= 15 is 0 Å². The van der Waals surface area contributed by atoms with Gasteiger partial charge in [-0.1, -0.05) is 30.7 Å². The number of fused-ring (bicyclic) bond motifs is 1. The molecular weight excluding hydrogens is 348 g/mol. The molecule has 0 saturated heterocycles. The molecule has 5 nitrogen and oxygen atoms in total. The molecule has 0 amide bonds. The molecule has 0 radical (unpaired) electrons. The van der Waals surface area contributed by atoms with Crippen LogP contribution in [0.3, 0.4) is 0 Å². The average molecular weight is 370 g/mol. The minimum Gasteiger partial charge on any atom is -0.395 e. The van der Waals surface area contributed by atoms with Crippen LogP contribution in [0.1, 0.15) is 18.1 Å². The molecule has 0 spiro atoms. The summed E-state index contributed by atoms with van der Waals surface area (Å²) in [7, 11) is -3.74. The summed E-state index contributed by atoms with van der Waals surface area (Å²) in [4.78, 5) is 4.69. The predicted molar refractivity (Wildman–Crippen MR) is 103 cm³/mol. The minimum absolute atomic E-state index is 0.0969. The van der Waals surface area contributed by atoms with Gasteiger partial charge in [-0.15, -0.1) is 0 Å². The van der Waals surface area contributed by atoms with E-state index in [4.69, 9.17) is 0 Å². The number of nitrogens with zero attached hydrogens (tertiary/aromatic N) is 1. The third kappa shape index (κ3) is 3.43. The summed E-state index contributed by atoms with van der Waals surface area (Å²) in [5, 5.41) is 13.0. The molecule has 1 aromatic heterocycles. The molecule has 6 heteroatoms. The highest BCUT2D eigenvalue weighted by atomic mass is 32.2. The number of aliphatic hydroxyl groups is 1. The summed E-state index contributed by atoms with van der Waals surface area (Å²) >= 11 is 0. The lowest BCUT2D eigenvalue weighted by Gasteiger charge is -2.15. The number of hydrogen-bond donors (Lipinski definition) is 2. The molecule has 26 heavy (non-hydrogen) atoms. The number of nitrogens with one attached hydrogen (secondary N) is 1. The van der Waals surface area contributed by atoms with E-state index < -0.39 is 9.84 Å². The molecule has 0 bridgehead atoms. The Morgan fingerprint density at radius 3 is 2.50 bits per heavy atom. The lowest BCUT2D eigenvalue weighted by Crippen LogP contribution is -2.12. The fourth-order valence-electron chi connectivity index (χ4n) is 2.89. The number of hydrogen-bond acceptors (Lipinski definition) is 5. The van der Waals surface area contributed by atoms with Gasteiger partial charge in [-0.3, -0.25) is 4.98 Å². The number of aryl methyl sites for hydroxylation is 2. The van der Waals surface area contributed by atoms with Crippen molar-refractivity contribution >= 4 is 26.4 Å². The molecular formula is C20H22N2O3S. The predicted octanol–water partition coefficient (Wildman–Crippen LogP) is 3.34. The van der Waals surface area contributed by atoms with E-state index in [0.29, 0.717) is 11.2 Å². The van der Waals surface area contributed by atoms with E-state index in [1.807, 2.05) is 44.2 Å². The first-order valence-electron chi connectivity index (χ1n) is 8.55. The van der Waals surface area contributed by atoms with Crippen molar-refractivity contribution in [2.24, 2.45) is 0 Å². The van der Waals surface area contributed by atoms with Crippen LogP contribution in [0.5, 0.6) is 0 Å². The van der Waals surface area contributed by atoms with Gasteiger partial charge in [-0.25, -0.2) is 8.42 Å². The molecule has 136 valence electrons. The van der Waals surface area contributed by atoms with Gasteiger partial charge in [-0.2, -0.15) is 0 Å². The van der Waals surface area contributed by atoms with Crippen LogP contribution in [0.15, 0.2) is 58.5 Å². The van der Waals surface area contributed by atoms with Crippen molar-refractivity contribution < 1.29 is 13.5 Å². The highest BCUT2D eigenvalue weighted by Gasteiger charge is 2.23. The smallest absolute Gasteiger partial charge is 0.210 e. The third-order valence-electron chi connectivity index (χ3n) is 4.33. The molecule has 1 heterocycles. The second-order valence-electron chi connectivity index (χ2n) is 6.17. The van der Waals surface area contributed by atoms with Crippen LogP contribution in [0.25, 0.3) is 10.9 Å². The maximum Gasteiger partial charge on any atom is 0.210 e. The maximum atomic E-state index is 13.2. The fourth-order valence-corrected chi connectivity index (χ4v) is 4.28. The van der Waals surface area contributed by atoms with Gasteiger partial charge in [0, 0.05) is 18.1 Å². The lowest BCUT2D eigenvalue weighted by molar-refractivity contribution is 0.311. The van der Waals surface area contributed by atoms with E-state index in [9.17, 15) is 13.5 Å². The summed E-state index contributed by atoms with van der Waals surface area (Å²) in [6.07, 6.45) is 2.24. The molecule has 2 aromatic carbocycles. The van der Waals surface area contributed by atoms with E-state index in [0.717, 1.165) is 22.9 Å². The molecule has 2 N–H and O–H groups in total. The Hall–Kier alpha value is -2.44. The van der Waals surface area contributed by atoms with E-state index in [-0.39, 0.29) is 22.9 Å². The summed E-state index contributed by atoms with van der Waals surface area (Å²) in [6, 6.07) is 12.6. The van der Waals surface area contributed by atoms with Gasteiger partial charge in [0.05, 0.1) is 22.7 Å². The zero-order valence-electron chi connectivity index (χ0n) is 14.9. The molecule has 0 unspecified atom stereocenters. The summed E-state index contributed by atoms with van der Waals surface area (Å²) in [6.45, 7) is 4.13. The Bertz CT molecular complexity index is 1030. The van der Waals surface area contributed by atoms with Gasteiger partial charge in [0.1, 0.15) is 4.90 Å². The van der Waals surface area contributed by atoms with Crippen LogP contribution in [-0.4, -0.2) is 31.7 Å². The Morgan fingerprint density at radius 1 is 1.12 bits per heavy atom. The van der Waals surface area contributed by atoms with Crippen molar-refractivity contribution in [3.63, 3.8) is 0 Å². The Kier molecular flexibility index (Phi) is 5.25. The van der Waals surface area contributed by atoms with Crippen LogP contribution in [0.2, 0.25) is 0 Å². The van der Waals surface area contributed by atoms with Crippen molar-refractivity contribution in [1.29, 1.82) is 0 Å². The average Bonchev–Trinajstić information content (AvgIpc) is 2.65. The molecule has 0 aliphatic carbocycles. The Balaban J connectivity index is 2.21. The minimum atomic E-state index is -3.74. The van der Waals surface area contributed by atoms with Gasteiger partial charge in [-0.05, 0) is 43.2 Å². The standard InChI is InChI=1S/C20H22N2O3S/c1-3-15-5-7-16(8-6-15)26(24,25)19-13-22-18-9-4-14(2)12-17(18)20(19)21-10-11-23/h4-9,12-13,23H,3,10-11H2,1-2H3,(H,21,22). The topological polar surface area (TPSA) is 79.3 Å². The van der Waals surface area contributed by atoms with Crippen LogP contribution in [0, 0.1) is 6.92 Å². The number of aromatic nitrogens is 1. The van der Waals surface area contributed by atoms with Crippen LogP contribution < -0.4 is 5.32 Å². The van der Waals surface area contributed by atoms with E-state index in [1.165, 1.54) is 6.20 Å². The van der Waals surface area contributed by atoms with Gasteiger partial charge in [0.15, 0.2) is 0 Å². The fraction of sp³-hybridized carbons (Fsp3) is 0.250. The number of rotatable bonds is 6. The van der Waals surface area contributed by atoms with Crippen molar-refractivity contribution in [2.75, 3.05) is 18.5 Å². The number of pyridine rings is 1. The number of aliphatic hydroxyl groups excluding tert-OH is 1. The van der Waals surface area contributed by atoms with Crippen LogP contribution in [0.4, 0.5) is 5.69 Å². The van der Waals surface area contributed by atoms with Crippen molar-refractivity contribution in [1.82, 2.24) is 4.98 Å². The Morgan fingerprint density at radius 2 is 1.85 bits per heavy atom. The van der Waals surface area contributed by atoms with E-state index in [2.05, 4.69) is 10.3 Å². The number of benzene rings is 2. The zero-order chi connectivity index (χ0) is 18.7. The summed E-state index contributed by atoms with van der Waals surface area (Å²) in [5.41, 5.74) is 3.27. The first-order chi connectivity index (χ1) is 12.5.